The Morgan fingerprint density at radius 2 is 0.739 bits per heavy atom. The maximum atomic E-state index is 12.8. The smallest absolute Gasteiger partial charge is 0.462 e. The number of esters is 2. The Balaban J connectivity index is 4.01. The summed E-state index contributed by atoms with van der Waals surface area (Å²) >= 11 is 0. The van der Waals surface area contributed by atoms with Crippen LogP contribution in [0.15, 0.2) is 24.3 Å². The van der Waals surface area contributed by atoms with Gasteiger partial charge in [-0.15, -0.1) is 0 Å². The molecule has 0 aliphatic rings. The molecule has 0 aliphatic heterocycles. The lowest BCUT2D eigenvalue weighted by Crippen LogP contribution is -2.37. The van der Waals surface area contributed by atoms with Crippen LogP contribution in [0.3, 0.4) is 0 Å². The number of carbonyl (C=O) groups excluding carboxylic acids is 2. The molecule has 2 atom stereocenters. The molecule has 2 unspecified atom stereocenters. The summed E-state index contributed by atoms with van der Waals surface area (Å²) in [6.07, 6.45) is 61.2. The number of phosphoric acid groups is 1. The van der Waals surface area contributed by atoms with Gasteiger partial charge in [0.15, 0.2) is 6.10 Å². The van der Waals surface area contributed by atoms with Gasteiger partial charge in [-0.1, -0.05) is 237 Å². The third-order valence-corrected chi connectivity index (χ3v) is 14.2. The van der Waals surface area contributed by atoms with Gasteiger partial charge in [-0.2, -0.15) is 0 Å². The number of hydrogen-bond donors (Lipinski definition) is 1. The molecule has 0 aromatic carbocycles. The van der Waals surface area contributed by atoms with Crippen LogP contribution >= 0.6 is 7.82 Å². The number of quaternary nitrogens is 1. The number of nitrogens with zero attached hydrogens (tertiary/aromatic N) is 1. The third kappa shape index (κ3) is 55.7. The lowest BCUT2D eigenvalue weighted by molar-refractivity contribution is -0.870. The molecule has 9 nitrogen and oxygen atoms in total. The van der Waals surface area contributed by atoms with Gasteiger partial charge in [-0.05, 0) is 64.2 Å². The number of hydrogen-bond acceptors (Lipinski definition) is 7. The largest absolute Gasteiger partial charge is 0.472 e. The standard InChI is InChI=1S/C59H114NO8P/c1-6-8-10-12-14-16-18-20-22-23-24-25-26-27-28-29-30-31-32-33-34-35-36-37-38-40-42-44-46-48-50-52-59(62)68-57(56-67-69(63,64)66-54-53-60(3,4)5)55-65-58(61)51-49-47-45-43-41-39-21-19-17-15-13-11-9-7-2/h19,21,23-24,57H,6-18,20,22,25-56H2,1-5H3/p+1/b21-19-,24-23-. The second-order valence-electron chi connectivity index (χ2n) is 21.4. The van der Waals surface area contributed by atoms with Crippen LogP contribution in [0.4, 0.5) is 0 Å². The molecule has 0 saturated carbocycles. The van der Waals surface area contributed by atoms with Crippen molar-refractivity contribution in [2.75, 3.05) is 47.5 Å². The Kier molecular flexibility index (Phi) is 50.3. The topological polar surface area (TPSA) is 108 Å². The van der Waals surface area contributed by atoms with Gasteiger partial charge in [0.05, 0.1) is 27.7 Å². The highest BCUT2D eigenvalue weighted by atomic mass is 31.2. The summed E-state index contributed by atoms with van der Waals surface area (Å²) in [4.78, 5) is 35.6. The fourth-order valence-electron chi connectivity index (χ4n) is 8.60. The SMILES string of the molecule is CCCCCCC/C=C\CCCCCCCC(=O)OCC(COP(=O)(O)OCC[N+](C)(C)C)OC(=O)CCCCCCCCCCCCCCCCCCCCC/C=C\CCCCCCCCCC. The molecule has 0 aromatic heterocycles. The van der Waals surface area contributed by atoms with Gasteiger partial charge < -0.3 is 18.9 Å². The van der Waals surface area contributed by atoms with Crippen LogP contribution in [0.25, 0.3) is 0 Å². The van der Waals surface area contributed by atoms with E-state index in [4.69, 9.17) is 18.5 Å². The highest BCUT2D eigenvalue weighted by Gasteiger charge is 2.27. The van der Waals surface area contributed by atoms with Crippen LogP contribution in [-0.4, -0.2) is 74.9 Å². The van der Waals surface area contributed by atoms with Crippen LogP contribution in [-0.2, 0) is 32.7 Å². The summed E-state index contributed by atoms with van der Waals surface area (Å²) in [7, 11) is 1.49. The Labute approximate surface area is 428 Å². The maximum Gasteiger partial charge on any atom is 0.472 e. The van der Waals surface area contributed by atoms with Crippen LogP contribution in [0.2, 0.25) is 0 Å². The van der Waals surface area contributed by atoms with Gasteiger partial charge >= 0.3 is 19.8 Å². The quantitative estimate of drug-likeness (QED) is 0.0211. The number of allylic oxidation sites excluding steroid dienone is 4. The van der Waals surface area contributed by atoms with E-state index in [-0.39, 0.29) is 32.0 Å². The van der Waals surface area contributed by atoms with E-state index in [1.807, 2.05) is 21.1 Å². The first-order valence-electron chi connectivity index (χ1n) is 29.6. The third-order valence-electron chi connectivity index (χ3n) is 13.2. The normalized spacial score (nSPS) is 13.4. The minimum Gasteiger partial charge on any atom is -0.462 e. The highest BCUT2D eigenvalue weighted by molar-refractivity contribution is 7.47. The Morgan fingerprint density at radius 1 is 0.435 bits per heavy atom. The summed E-state index contributed by atoms with van der Waals surface area (Å²) < 4.78 is 34.5. The van der Waals surface area contributed by atoms with Gasteiger partial charge in [-0.25, -0.2) is 4.57 Å². The van der Waals surface area contributed by atoms with E-state index in [1.165, 1.54) is 205 Å². The first-order valence-corrected chi connectivity index (χ1v) is 31.1. The summed E-state index contributed by atoms with van der Waals surface area (Å²) in [5.74, 6) is -0.794. The number of unbranched alkanes of at least 4 members (excludes halogenated alkanes) is 37. The molecule has 0 bridgehead atoms. The molecule has 0 spiro atoms. The van der Waals surface area contributed by atoms with E-state index in [0.717, 1.165) is 51.4 Å². The summed E-state index contributed by atoms with van der Waals surface area (Å²) in [5.41, 5.74) is 0. The van der Waals surface area contributed by atoms with E-state index in [0.29, 0.717) is 17.4 Å². The van der Waals surface area contributed by atoms with Crippen molar-refractivity contribution in [3.63, 3.8) is 0 Å². The fraction of sp³-hybridized carbons (Fsp3) is 0.898. The van der Waals surface area contributed by atoms with Gasteiger partial charge in [0.1, 0.15) is 19.8 Å². The molecule has 0 rings (SSSR count). The van der Waals surface area contributed by atoms with Crippen molar-refractivity contribution in [3.05, 3.63) is 24.3 Å². The minimum absolute atomic E-state index is 0.0330. The van der Waals surface area contributed by atoms with Crippen LogP contribution in [0.5, 0.6) is 0 Å². The number of ether oxygens (including phenoxy) is 2. The molecular weight excluding hydrogens is 882 g/mol. The van der Waals surface area contributed by atoms with Crippen molar-refractivity contribution in [3.8, 4) is 0 Å². The van der Waals surface area contributed by atoms with Crippen molar-refractivity contribution in [1.82, 2.24) is 0 Å². The second-order valence-corrected chi connectivity index (χ2v) is 22.8. The molecule has 0 radical (unpaired) electrons. The fourth-order valence-corrected chi connectivity index (χ4v) is 9.34. The van der Waals surface area contributed by atoms with E-state index in [2.05, 4.69) is 38.2 Å². The summed E-state index contributed by atoms with van der Waals surface area (Å²) in [5, 5.41) is 0. The molecule has 1 N–H and O–H groups in total. The molecule has 408 valence electrons. The molecule has 0 aliphatic carbocycles. The van der Waals surface area contributed by atoms with Crippen molar-refractivity contribution >= 4 is 19.8 Å². The van der Waals surface area contributed by atoms with Gasteiger partial charge in [0.2, 0.25) is 0 Å². The van der Waals surface area contributed by atoms with Crippen molar-refractivity contribution in [2.45, 2.75) is 296 Å². The molecule has 0 aromatic rings. The number of phosphoric ester groups is 1. The molecule has 0 saturated heterocycles. The Bertz CT molecular complexity index is 1220. The van der Waals surface area contributed by atoms with E-state index >= 15 is 0 Å². The predicted molar refractivity (Wildman–Crippen MR) is 294 cm³/mol. The van der Waals surface area contributed by atoms with Gasteiger partial charge in [-0.3, -0.25) is 18.6 Å². The van der Waals surface area contributed by atoms with E-state index in [9.17, 15) is 19.0 Å². The molecule has 10 heteroatoms. The van der Waals surface area contributed by atoms with Gasteiger partial charge in [0, 0.05) is 12.8 Å². The number of carbonyl (C=O) groups is 2. The second kappa shape index (κ2) is 51.4. The minimum atomic E-state index is -4.38. The zero-order chi connectivity index (χ0) is 50.6. The summed E-state index contributed by atoms with van der Waals surface area (Å²) in [6, 6.07) is 0. The molecule has 0 heterocycles. The maximum absolute atomic E-state index is 12.8. The van der Waals surface area contributed by atoms with Crippen molar-refractivity contribution < 1.29 is 42.1 Å². The number of rotatable bonds is 55. The highest BCUT2D eigenvalue weighted by Crippen LogP contribution is 2.43. The van der Waals surface area contributed by atoms with Crippen LogP contribution in [0, 0.1) is 0 Å². The first kappa shape index (κ1) is 67.5. The summed E-state index contributed by atoms with van der Waals surface area (Å²) in [6.45, 7) is 4.45. The first-order chi connectivity index (χ1) is 33.5. The molecule has 0 fully saturated rings. The van der Waals surface area contributed by atoms with Crippen molar-refractivity contribution in [1.29, 1.82) is 0 Å². The van der Waals surface area contributed by atoms with Crippen molar-refractivity contribution in [2.24, 2.45) is 0 Å². The molecule has 0 amide bonds. The lowest BCUT2D eigenvalue weighted by atomic mass is 10.0. The zero-order valence-corrected chi connectivity index (χ0v) is 47.2. The molecule has 69 heavy (non-hydrogen) atoms. The van der Waals surface area contributed by atoms with Crippen LogP contribution < -0.4 is 0 Å². The Morgan fingerprint density at radius 3 is 1.07 bits per heavy atom. The zero-order valence-electron chi connectivity index (χ0n) is 46.3. The predicted octanol–water partition coefficient (Wildman–Crippen LogP) is 18.2. The van der Waals surface area contributed by atoms with Gasteiger partial charge in [0.25, 0.3) is 0 Å². The van der Waals surface area contributed by atoms with E-state index in [1.54, 1.807) is 0 Å². The van der Waals surface area contributed by atoms with E-state index < -0.39 is 26.5 Å². The number of likely N-dealkylation sites (N-methyl/N-ethyl adjacent to an activating group) is 1. The lowest BCUT2D eigenvalue weighted by Gasteiger charge is -2.24. The average molecular weight is 998 g/mol. The van der Waals surface area contributed by atoms with Crippen LogP contribution in [0.1, 0.15) is 290 Å². The Hall–Kier alpha value is -1.51. The molecular formula is C59H115NO8P+. The average Bonchev–Trinajstić information content (AvgIpc) is 3.31. The monoisotopic (exact) mass is 997 g/mol.